The lowest BCUT2D eigenvalue weighted by Crippen LogP contribution is -2.28. The van der Waals surface area contributed by atoms with Crippen LogP contribution < -0.4 is 0 Å². The zero-order valence-corrected chi connectivity index (χ0v) is 13.5. The lowest BCUT2D eigenvalue weighted by atomic mass is 9.97. The lowest BCUT2D eigenvalue weighted by molar-refractivity contribution is -0.128. The molecule has 0 radical (unpaired) electrons. The fraction of sp³-hybridized carbons (Fsp3) is 0.471. The SMILES string of the molecule is COCCN1C[C@H](Cc2cccc(-c3nnc(C)o3)c2)CC1=O. The van der Waals surface area contributed by atoms with Gasteiger partial charge >= 0.3 is 0 Å². The summed E-state index contributed by atoms with van der Waals surface area (Å²) in [5.74, 6) is 1.66. The number of likely N-dealkylation sites (tertiary alicyclic amines) is 1. The summed E-state index contributed by atoms with van der Waals surface area (Å²) in [5.41, 5.74) is 2.11. The van der Waals surface area contributed by atoms with E-state index in [4.69, 9.17) is 9.15 Å². The molecule has 2 aromatic rings. The van der Waals surface area contributed by atoms with Crippen LogP contribution in [0.3, 0.4) is 0 Å². The molecule has 1 aliphatic heterocycles. The quantitative estimate of drug-likeness (QED) is 0.816. The van der Waals surface area contributed by atoms with Crippen LogP contribution in [0.4, 0.5) is 0 Å². The van der Waals surface area contributed by atoms with Crippen molar-refractivity contribution in [3.05, 3.63) is 35.7 Å². The van der Waals surface area contributed by atoms with E-state index in [1.54, 1.807) is 14.0 Å². The van der Waals surface area contributed by atoms with Gasteiger partial charge in [0.25, 0.3) is 0 Å². The molecule has 0 aliphatic carbocycles. The largest absolute Gasteiger partial charge is 0.421 e. The Morgan fingerprint density at radius 3 is 3.00 bits per heavy atom. The van der Waals surface area contributed by atoms with E-state index in [0.29, 0.717) is 37.3 Å². The highest BCUT2D eigenvalue weighted by Gasteiger charge is 2.29. The van der Waals surface area contributed by atoms with Crippen molar-refractivity contribution < 1.29 is 13.9 Å². The van der Waals surface area contributed by atoms with E-state index in [9.17, 15) is 4.79 Å². The molecule has 1 aliphatic rings. The number of nitrogens with zero attached hydrogens (tertiary/aromatic N) is 3. The van der Waals surface area contributed by atoms with Crippen LogP contribution in [0.5, 0.6) is 0 Å². The van der Waals surface area contributed by atoms with Crippen LogP contribution in [0.1, 0.15) is 17.9 Å². The standard InChI is InChI=1S/C17H21N3O3/c1-12-18-19-17(23-12)15-5-3-4-13(9-15)8-14-10-16(21)20(11-14)6-7-22-2/h3-5,9,14H,6-8,10-11H2,1-2H3/t14-/m1/s1. The molecule has 1 amide bonds. The molecule has 1 aromatic heterocycles. The van der Waals surface area contributed by atoms with Gasteiger partial charge in [-0.3, -0.25) is 4.79 Å². The minimum Gasteiger partial charge on any atom is -0.421 e. The average Bonchev–Trinajstić information content (AvgIpc) is 3.11. The molecule has 1 aromatic carbocycles. The van der Waals surface area contributed by atoms with Gasteiger partial charge in [-0.05, 0) is 30.0 Å². The predicted molar refractivity (Wildman–Crippen MR) is 84.7 cm³/mol. The lowest BCUT2D eigenvalue weighted by Gasteiger charge is -2.16. The number of benzene rings is 1. The molecule has 0 spiro atoms. The van der Waals surface area contributed by atoms with Crippen LogP contribution in [0, 0.1) is 12.8 Å². The Balaban J connectivity index is 1.66. The molecule has 0 saturated carbocycles. The number of methoxy groups -OCH3 is 1. The summed E-state index contributed by atoms with van der Waals surface area (Å²) in [4.78, 5) is 13.9. The average molecular weight is 315 g/mol. The zero-order valence-electron chi connectivity index (χ0n) is 13.5. The van der Waals surface area contributed by atoms with Crippen molar-refractivity contribution in [1.29, 1.82) is 0 Å². The Bertz CT molecular complexity index is 683. The monoisotopic (exact) mass is 315 g/mol. The van der Waals surface area contributed by atoms with Crippen molar-refractivity contribution in [2.24, 2.45) is 5.92 Å². The summed E-state index contributed by atoms with van der Waals surface area (Å²) in [5, 5.41) is 7.92. The Morgan fingerprint density at radius 1 is 1.39 bits per heavy atom. The fourth-order valence-electron chi connectivity index (χ4n) is 2.99. The molecule has 1 saturated heterocycles. The Morgan fingerprint density at radius 2 is 2.26 bits per heavy atom. The summed E-state index contributed by atoms with van der Waals surface area (Å²) in [7, 11) is 1.66. The number of aromatic nitrogens is 2. The van der Waals surface area contributed by atoms with Gasteiger partial charge in [0, 0.05) is 39.1 Å². The number of hydrogen-bond donors (Lipinski definition) is 0. The van der Waals surface area contributed by atoms with Crippen molar-refractivity contribution in [3.63, 3.8) is 0 Å². The second kappa shape index (κ2) is 6.91. The van der Waals surface area contributed by atoms with E-state index in [2.05, 4.69) is 22.3 Å². The second-order valence-electron chi connectivity index (χ2n) is 5.93. The van der Waals surface area contributed by atoms with Crippen LogP contribution in [-0.4, -0.2) is 47.8 Å². The number of aryl methyl sites for hydroxylation is 1. The highest BCUT2D eigenvalue weighted by Crippen LogP contribution is 2.24. The Hall–Kier alpha value is -2.21. The first kappa shape index (κ1) is 15.7. The third-order valence-corrected chi connectivity index (χ3v) is 4.08. The van der Waals surface area contributed by atoms with Gasteiger partial charge in [0.1, 0.15) is 0 Å². The fourth-order valence-corrected chi connectivity index (χ4v) is 2.99. The molecular weight excluding hydrogens is 294 g/mol. The van der Waals surface area contributed by atoms with Crippen molar-refractivity contribution in [3.8, 4) is 11.5 Å². The minimum absolute atomic E-state index is 0.218. The number of carbonyl (C=O) groups excluding carboxylic acids is 1. The van der Waals surface area contributed by atoms with Crippen LogP contribution >= 0.6 is 0 Å². The molecule has 0 N–H and O–H groups in total. The van der Waals surface area contributed by atoms with Gasteiger partial charge in [-0.1, -0.05) is 12.1 Å². The van der Waals surface area contributed by atoms with Crippen LogP contribution in [0.15, 0.2) is 28.7 Å². The van der Waals surface area contributed by atoms with Gasteiger partial charge in [0.2, 0.25) is 17.7 Å². The van der Waals surface area contributed by atoms with Gasteiger partial charge < -0.3 is 14.1 Å². The molecule has 0 bridgehead atoms. The van der Waals surface area contributed by atoms with Gasteiger partial charge in [0.05, 0.1) is 6.61 Å². The maximum Gasteiger partial charge on any atom is 0.247 e. The molecule has 3 rings (SSSR count). The van der Waals surface area contributed by atoms with Gasteiger partial charge in [0.15, 0.2) is 0 Å². The second-order valence-corrected chi connectivity index (χ2v) is 5.93. The third kappa shape index (κ3) is 3.76. The molecule has 2 heterocycles. The first-order valence-corrected chi connectivity index (χ1v) is 7.82. The number of rotatable bonds is 6. The molecule has 1 fully saturated rings. The van der Waals surface area contributed by atoms with E-state index >= 15 is 0 Å². The summed E-state index contributed by atoms with van der Waals surface area (Å²) in [6, 6.07) is 8.09. The van der Waals surface area contributed by atoms with Crippen molar-refractivity contribution in [1.82, 2.24) is 15.1 Å². The Labute approximate surface area is 135 Å². The number of amides is 1. The molecule has 23 heavy (non-hydrogen) atoms. The number of carbonyl (C=O) groups is 1. The summed E-state index contributed by atoms with van der Waals surface area (Å²) in [6.07, 6.45) is 1.48. The Kier molecular flexibility index (Phi) is 4.71. The first-order valence-electron chi connectivity index (χ1n) is 7.82. The molecule has 0 unspecified atom stereocenters. The number of ether oxygens (including phenoxy) is 1. The maximum atomic E-state index is 12.0. The summed E-state index contributed by atoms with van der Waals surface area (Å²) >= 11 is 0. The van der Waals surface area contributed by atoms with Crippen molar-refractivity contribution >= 4 is 5.91 Å². The minimum atomic E-state index is 0.218. The highest BCUT2D eigenvalue weighted by atomic mass is 16.5. The maximum absolute atomic E-state index is 12.0. The van der Waals surface area contributed by atoms with Crippen molar-refractivity contribution in [2.45, 2.75) is 19.8 Å². The normalized spacial score (nSPS) is 17.9. The molecule has 122 valence electrons. The van der Waals surface area contributed by atoms with Gasteiger partial charge in [-0.15, -0.1) is 10.2 Å². The molecule has 6 nitrogen and oxygen atoms in total. The highest BCUT2D eigenvalue weighted by molar-refractivity contribution is 5.78. The first-order chi connectivity index (χ1) is 11.2. The third-order valence-electron chi connectivity index (χ3n) is 4.08. The zero-order chi connectivity index (χ0) is 16.2. The summed E-state index contributed by atoms with van der Waals surface area (Å²) < 4.78 is 10.5. The summed E-state index contributed by atoms with van der Waals surface area (Å²) in [6.45, 7) is 3.84. The topological polar surface area (TPSA) is 68.5 Å². The molecule has 6 heteroatoms. The number of hydrogen-bond acceptors (Lipinski definition) is 5. The predicted octanol–water partition coefficient (Wildman–Crippen LogP) is 2.08. The smallest absolute Gasteiger partial charge is 0.247 e. The van der Waals surface area contributed by atoms with E-state index in [1.165, 1.54) is 5.56 Å². The van der Waals surface area contributed by atoms with E-state index in [0.717, 1.165) is 18.5 Å². The van der Waals surface area contributed by atoms with E-state index < -0.39 is 0 Å². The molecular formula is C17H21N3O3. The molecule has 1 atom stereocenters. The van der Waals surface area contributed by atoms with E-state index in [1.807, 2.05) is 17.0 Å². The van der Waals surface area contributed by atoms with E-state index in [-0.39, 0.29) is 5.91 Å². The van der Waals surface area contributed by atoms with Crippen LogP contribution in [0.2, 0.25) is 0 Å². The van der Waals surface area contributed by atoms with Crippen molar-refractivity contribution in [2.75, 3.05) is 26.8 Å². The van der Waals surface area contributed by atoms with Crippen LogP contribution in [-0.2, 0) is 16.0 Å². The van der Waals surface area contributed by atoms with Gasteiger partial charge in [-0.2, -0.15) is 0 Å². The van der Waals surface area contributed by atoms with Gasteiger partial charge in [-0.25, -0.2) is 0 Å². The van der Waals surface area contributed by atoms with Crippen LogP contribution in [0.25, 0.3) is 11.5 Å².